The third-order valence-electron chi connectivity index (χ3n) is 4.87. The van der Waals surface area contributed by atoms with E-state index < -0.39 is 0 Å². The molecule has 7 nitrogen and oxygen atoms in total. The molecule has 0 fully saturated rings. The number of thiazole rings is 1. The van der Waals surface area contributed by atoms with Crippen LogP contribution in [0.4, 0.5) is 4.39 Å². The molecule has 0 aliphatic heterocycles. The molecule has 2 aromatic heterocycles. The summed E-state index contributed by atoms with van der Waals surface area (Å²) in [6.45, 7) is 4.74. The van der Waals surface area contributed by atoms with E-state index in [-0.39, 0.29) is 24.8 Å². The number of esters is 1. The van der Waals surface area contributed by atoms with E-state index in [1.165, 1.54) is 30.6 Å². The minimum Gasteiger partial charge on any atom is -0.496 e. The van der Waals surface area contributed by atoms with Gasteiger partial charge in [0.15, 0.2) is 0 Å². The van der Waals surface area contributed by atoms with Crippen LogP contribution in [0.15, 0.2) is 36.4 Å². The van der Waals surface area contributed by atoms with E-state index >= 15 is 0 Å². The summed E-state index contributed by atoms with van der Waals surface area (Å²) in [5.74, 6) is -0.326. The molecule has 2 heterocycles. The lowest BCUT2D eigenvalue weighted by Gasteiger charge is -2.05. The number of halogens is 1. The van der Waals surface area contributed by atoms with E-state index in [9.17, 15) is 9.18 Å². The highest BCUT2D eigenvalue weighted by atomic mass is 32.1. The molecule has 0 radical (unpaired) electrons. The number of rotatable bonds is 7. The number of fused-ring (bicyclic) bond motifs is 1. The van der Waals surface area contributed by atoms with Crippen molar-refractivity contribution in [2.45, 2.75) is 33.4 Å². The van der Waals surface area contributed by atoms with Crippen LogP contribution in [-0.2, 0) is 29.1 Å². The first kappa shape index (κ1) is 20.9. The number of carbonyl (C=O) groups excluding carboxylic acids is 1. The molecule has 2 aromatic carbocycles. The third kappa shape index (κ3) is 4.41. The SMILES string of the molecule is CCn1nnc2cc(COC(=O)Cc3sc(-c4ccc(F)cc4OC)nc3C)ccc21. The van der Waals surface area contributed by atoms with Crippen LogP contribution in [-0.4, -0.2) is 33.1 Å². The quantitative estimate of drug-likeness (QED) is 0.398. The summed E-state index contributed by atoms with van der Waals surface area (Å²) in [6.07, 6.45) is 0.112. The van der Waals surface area contributed by atoms with Crippen molar-refractivity contribution in [2.24, 2.45) is 0 Å². The van der Waals surface area contributed by atoms with E-state index in [1.807, 2.05) is 36.7 Å². The van der Waals surface area contributed by atoms with E-state index in [0.29, 0.717) is 16.3 Å². The van der Waals surface area contributed by atoms with Gasteiger partial charge in [-0.3, -0.25) is 4.79 Å². The van der Waals surface area contributed by atoms with Gasteiger partial charge in [0, 0.05) is 17.5 Å². The molecule has 0 bridgehead atoms. The normalized spacial score (nSPS) is 11.1. The fourth-order valence-electron chi connectivity index (χ4n) is 3.24. The Bertz CT molecular complexity index is 1250. The Hall–Kier alpha value is -3.33. The topological polar surface area (TPSA) is 79.1 Å². The fraction of sp³-hybridized carbons (Fsp3) is 0.273. The molecule has 0 spiro atoms. The molecular formula is C22H21FN4O3S. The average molecular weight is 441 g/mol. The van der Waals surface area contributed by atoms with Gasteiger partial charge in [-0.25, -0.2) is 14.1 Å². The third-order valence-corrected chi connectivity index (χ3v) is 6.06. The van der Waals surface area contributed by atoms with Crippen molar-refractivity contribution in [2.75, 3.05) is 7.11 Å². The zero-order valence-electron chi connectivity index (χ0n) is 17.4. The van der Waals surface area contributed by atoms with Crippen molar-refractivity contribution < 1.29 is 18.7 Å². The van der Waals surface area contributed by atoms with Crippen LogP contribution in [0.3, 0.4) is 0 Å². The van der Waals surface area contributed by atoms with E-state index in [2.05, 4.69) is 15.3 Å². The second kappa shape index (κ2) is 8.81. The van der Waals surface area contributed by atoms with Crippen molar-refractivity contribution in [3.63, 3.8) is 0 Å². The van der Waals surface area contributed by atoms with Gasteiger partial charge in [0.05, 0.1) is 30.3 Å². The maximum absolute atomic E-state index is 13.5. The van der Waals surface area contributed by atoms with Gasteiger partial charge in [-0.1, -0.05) is 11.3 Å². The van der Waals surface area contributed by atoms with Gasteiger partial charge in [-0.15, -0.1) is 16.4 Å². The predicted molar refractivity (Wildman–Crippen MR) is 115 cm³/mol. The lowest BCUT2D eigenvalue weighted by molar-refractivity contribution is -0.144. The van der Waals surface area contributed by atoms with E-state index in [0.717, 1.165) is 33.7 Å². The van der Waals surface area contributed by atoms with Gasteiger partial charge in [0.1, 0.15) is 28.7 Å². The molecule has 160 valence electrons. The maximum Gasteiger partial charge on any atom is 0.311 e. The Morgan fingerprint density at radius 3 is 2.84 bits per heavy atom. The van der Waals surface area contributed by atoms with Crippen molar-refractivity contribution in [3.05, 3.63) is 58.3 Å². The summed E-state index contributed by atoms with van der Waals surface area (Å²) in [5.41, 5.74) is 3.99. The predicted octanol–water partition coefficient (Wildman–Crippen LogP) is 4.32. The van der Waals surface area contributed by atoms with Gasteiger partial charge in [-0.05, 0) is 43.7 Å². The van der Waals surface area contributed by atoms with E-state index in [4.69, 9.17) is 9.47 Å². The molecule has 31 heavy (non-hydrogen) atoms. The molecule has 0 saturated carbocycles. The Morgan fingerprint density at radius 1 is 1.23 bits per heavy atom. The Balaban J connectivity index is 1.43. The largest absolute Gasteiger partial charge is 0.496 e. The van der Waals surface area contributed by atoms with Crippen molar-refractivity contribution in [1.82, 2.24) is 20.0 Å². The molecule has 4 rings (SSSR count). The molecule has 4 aromatic rings. The number of aromatic nitrogens is 4. The van der Waals surface area contributed by atoms with Gasteiger partial charge in [0.25, 0.3) is 0 Å². The summed E-state index contributed by atoms with van der Waals surface area (Å²) >= 11 is 1.37. The number of nitrogens with zero attached hydrogens (tertiary/aromatic N) is 4. The van der Waals surface area contributed by atoms with Crippen LogP contribution < -0.4 is 4.74 Å². The van der Waals surface area contributed by atoms with Gasteiger partial charge < -0.3 is 9.47 Å². The molecule has 0 unspecified atom stereocenters. The number of aryl methyl sites for hydroxylation is 2. The highest BCUT2D eigenvalue weighted by Crippen LogP contribution is 2.35. The highest BCUT2D eigenvalue weighted by Gasteiger charge is 2.17. The molecule has 0 atom stereocenters. The summed E-state index contributed by atoms with van der Waals surface area (Å²) in [6, 6.07) is 10.0. The highest BCUT2D eigenvalue weighted by molar-refractivity contribution is 7.15. The molecule has 9 heteroatoms. The monoisotopic (exact) mass is 440 g/mol. The van der Waals surface area contributed by atoms with Crippen molar-refractivity contribution in [3.8, 4) is 16.3 Å². The minimum absolute atomic E-state index is 0.112. The summed E-state index contributed by atoms with van der Waals surface area (Å²) in [5, 5.41) is 8.89. The van der Waals surface area contributed by atoms with Crippen LogP contribution in [0.1, 0.15) is 23.1 Å². The molecular weight excluding hydrogens is 419 g/mol. The Morgan fingerprint density at radius 2 is 2.06 bits per heavy atom. The van der Waals surface area contributed by atoms with Crippen LogP contribution in [0.25, 0.3) is 21.6 Å². The smallest absolute Gasteiger partial charge is 0.311 e. The van der Waals surface area contributed by atoms with Gasteiger partial charge in [-0.2, -0.15) is 0 Å². The first-order valence-corrected chi connectivity index (χ1v) is 10.6. The molecule has 0 aliphatic rings. The molecule has 0 N–H and O–H groups in total. The van der Waals surface area contributed by atoms with Crippen LogP contribution in [0.5, 0.6) is 5.75 Å². The van der Waals surface area contributed by atoms with Gasteiger partial charge >= 0.3 is 5.97 Å². The number of methoxy groups -OCH3 is 1. The number of carbonyl (C=O) groups is 1. The van der Waals surface area contributed by atoms with Crippen molar-refractivity contribution >= 4 is 28.3 Å². The maximum atomic E-state index is 13.5. The summed E-state index contributed by atoms with van der Waals surface area (Å²) in [7, 11) is 1.48. The Kier molecular flexibility index (Phi) is 5.94. The number of ether oxygens (including phenoxy) is 2. The first-order valence-electron chi connectivity index (χ1n) is 9.76. The molecule has 0 aliphatic carbocycles. The second-order valence-corrected chi connectivity index (χ2v) is 8.02. The van der Waals surface area contributed by atoms with Gasteiger partial charge in [0.2, 0.25) is 0 Å². The van der Waals surface area contributed by atoms with Crippen LogP contribution in [0.2, 0.25) is 0 Å². The second-order valence-electron chi connectivity index (χ2n) is 6.94. The zero-order valence-corrected chi connectivity index (χ0v) is 18.2. The van der Waals surface area contributed by atoms with Crippen molar-refractivity contribution in [1.29, 1.82) is 0 Å². The lowest BCUT2D eigenvalue weighted by Crippen LogP contribution is -2.07. The average Bonchev–Trinajstić information content (AvgIpc) is 3.34. The summed E-state index contributed by atoms with van der Waals surface area (Å²) < 4.78 is 26.0. The van der Waals surface area contributed by atoms with Crippen LogP contribution >= 0.6 is 11.3 Å². The molecule has 0 amide bonds. The standard InChI is InChI=1S/C22H21FN4O3S/c1-4-27-18-8-5-14(9-17(18)25-26-27)12-30-21(28)11-20-13(2)24-22(31-20)16-7-6-15(23)10-19(16)29-3/h5-10H,4,11-12H2,1-3H3. The lowest BCUT2D eigenvalue weighted by atomic mass is 10.2. The number of benzene rings is 2. The number of hydrogen-bond acceptors (Lipinski definition) is 7. The van der Waals surface area contributed by atoms with Crippen LogP contribution in [0, 0.1) is 12.7 Å². The Labute approximate surface area is 182 Å². The van der Waals surface area contributed by atoms with E-state index in [1.54, 1.807) is 6.07 Å². The minimum atomic E-state index is -0.381. The zero-order chi connectivity index (χ0) is 22.0. The fourth-order valence-corrected chi connectivity index (χ4v) is 4.31. The number of hydrogen-bond donors (Lipinski definition) is 0. The summed E-state index contributed by atoms with van der Waals surface area (Å²) in [4.78, 5) is 17.7. The molecule has 0 saturated heterocycles. The first-order chi connectivity index (χ1) is 15.0.